The highest BCUT2D eigenvalue weighted by Gasteiger charge is 2.35. The molecule has 1 amide bonds. The molecule has 0 bridgehead atoms. The van der Waals surface area contributed by atoms with Gasteiger partial charge in [0.1, 0.15) is 6.04 Å². The van der Waals surface area contributed by atoms with Gasteiger partial charge in [-0.25, -0.2) is 4.79 Å². The normalized spacial score (nSPS) is 21.5. The summed E-state index contributed by atoms with van der Waals surface area (Å²) in [6, 6.07) is 6.76. The van der Waals surface area contributed by atoms with Gasteiger partial charge in [-0.1, -0.05) is 12.1 Å². The van der Waals surface area contributed by atoms with Gasteiger partial charge >= 0.3 is 5.97 Å². The second-order valence-electron chi connectivity index (χ2n) is 5.73. The molecule has 0 spiro atoms. The van der Waals surface area contributed by atoms with Gasteiger partial charge in [0, 0.05) is 19.6 Å². The number of methoxy groups -OCH3 is 1. The number of carbonyl (C=O) groups excluding carboxylic acids is 2. The van der Waals surface area contributed by atoms with Crippen LogP contribution in [0.25, 0.3) is 0 Å². The van der Waals surface area contributed by atoms with Crippen LogP contribution < -0.4 is 4.90 Å². The number of rotatable bonds is 3. The average Bonchev–Trinajstić information content (AvgIpc) is 2.67. The van der Waals surface area contributed by atoms with Crippen LogP contribution in [-0.4, -0.2) is 76.0 Å². The molecule has 2 heterocycles. The fourth-order valence-corrected chi connectivity index (χ4v) is 3.10. The van der Waals surface area contributed by atoms with Crippen LogP contribution in [0.2, 0.25) is 0 Å². The minimum Gasteiger partial charge on any atom is -0.465 e. The van der Waals surface area contributed by atoms with Gasteiger partial charge < -0.3 is 24.0 Å². The van der Waals surface area contributed by atoms with E-state index in [2.05, 4.69) is 0 Å². The number of morpholine rings is 2. The van der Waals surface area contributed by atoms with E-state index in [1.165, 1.54) is 7.11 Å². The molecule has 0 saturated carbocycles. The molecule has 130 valence electrons. The molecule has 0 radical (unpaired) electrons. The second kappa shape index (κ2) is 7.63. The van der Waals surface area contributed by atoms with Crippen molar-refractivity contribution in [3.05, 3.63) is 29.8 Å². The Morgan fingerprint density at radius 3 is 2.54 bits per heavy atom. The molecule has 2 aliphatic rings. The first-order chi connectivity index (χ1) is 11.7. The Kier molecular flexibility index (Phi) is 5.32. The third-order valence-corrected chi connectivity index (χ3v) is 4.36. The molecule has 3 rings (SSSR count). The van der Waals surface area contributed by atoms with Crippen molar-refractivity contribution in [1.82, 2.24) is 4.90 Å². The summed E-state index contributed by atoms with van der Waals surface area (Å²) in [5.74, 6) is -0.396. The summed E-state index contributed by atoms with van der Waals surface area (Å²) in [7, 11) is 1.36. The third-order valence-electron chi connectivity index (χ3n) is 4.36. The zero-order valence-electron chi connectivity index (χ0n) is 13.8. The maximum atomic E-state index is 12.9. The molecule has 24 heavy (non-hydrogen) atoms. The summed E-state index contributed by atoms with van der Waals surface area (Å²) < 4.78 is 15.7. The number of anilines is 1. The van der Waals surface area contributed by atoms with E-state index in [0.29, 0.717) is 57.3 Å². The molecule has 1 aromatic rings. The molecule has 2 fully saturated rings. The number of benzene rings is 1. The van der Waals surface area contributed by atoms with Crippen LogP contribution >= 0.6 is 0 Å². The summed E-state index contributed by atoms with van der Waals surface area (Å²) in [4.78, 5) is 28.7. The highest BCUT2D eigenvalue weighted by atomic mass is 16.5. The molecule has 2 aliphatic heterocycles. The number of nitrogens with zero attached hydrogens (tertiary/aromatic N) is 2. The van der Waals surface area contributed by atoms with Crippen LogP contribution in [0.15, 0.2) is 24.3 Å². The van der Waals surface area contributed by atoms with Crippen LogP contribution in [0, 0.1) is 0 Å². The maximum Gasteiger partial charge on any atom is 0.339 e. The molecular formula is C17H22N2O5. The quantitative estimate of drug-likeness (QED) is 0.752. The Hall–Kier alpha value is -2.12. The van der Waals surface area contributed by atoms with E-state index in [1.807, 2.05) is 17.0 Å². The van der Waals surface area contributed by atoms with E-state index < -0.39 is 12.0 Å². The van der Waals surface area contributed by atoms with Crippen LogP contribution in [0.1, 0.15) is 10.4 Å². The topological polar surface area (TPSA) is 68.3 Å². The Morgan fingerprint density at radius 1 is 1.08 bits per heavy atom. The molecule has 1 atom stereocenters. The van der Waals surface area contributed by atoms with Crippen molar-refractivity contribution in [2.45, 2.75) is 6.04 Å². The monoisotopic (exact) mass is 334 g/mol. The number of para-hydroxylation sites is 1. The summed E-state index contributed by atoms with van der Waals surface area (Å²) in [5, 5.41) is 0. The first kappa shape index (κ1) is 16.7. The van der Waals surface area contributed by atoms with Crippen molar-refractivity contribution in [3.8, 4) is 0 Å². The van der Waals surface area contributed by atoms with Crippen LogP contribution in [-0.2, 0) is 19.0 Å². The third kappa shape index (κ3) is 3.37. The van der Waals surface area contributed by atoms with Crippen LogP contribution in [0.3, 0.4) is 0 Å². The van der Waals surface area contributed by atoms with E-state index >= 15 is 0 Å². The SMILES string of the molecule is COC(=O)c1ccccc1N1CCOCC1C(=O)N1CCOCC1. The summed E-state index contributed by atoms with van der Waals surface area (Å²) in [6.45, 7) is 3.66. The van der Waals surface area contributed by atoms with Gasteiger partial charge in [0.2, 0.25) is 5.91 Å². The van der Waals surface area contributed by atoms with Crippen molar-refractivity contribution in [2.75, 3.05) is 58.1 Å². The standard InChI is InChI=1S/C17H22N2O5/c1-22-17(21)13-4-2-3-5-14(13)19-8-11-24-12-15(19)16(20)18-6-9-23-10-7-18/h2-5,15H,6-12H2,1H3. The van der Waals surface area contributed by atoms with Crippen molar-refractivity contribution in [2.24, 2.45) is 0 Å². The van der Waals surface area contributed by atoms with Gasteiger partial charge in [-0.15, -0.1) is 0 Å². The number of esters is 1. The lowest BCUT2D eigenvalue weighted by atomic mass is 10.1. The van der Waals surface area contributed by atoms with Crippen molar-refractivity contribution >= 4 is 17.6 Å². The Morgan fingerprint density at radius 2 is 1.79 bits per heavy atom. The Bertz CT molecular complexity index is 600. The molecule has 0 aliphatic carbocycles. The molecule has 1 aromatic carbocycles. The fourth-order valence-electron chi connectivity index (χ4n) is 3.10. The maximum absolute atomic E-state index is 12.9. The second-order valence-corrected chi connectivity index (χ2v) is 5.73. The smallest absolute Gasteiger partial charge is 0.339 e. The molecule has 1 unspecified atom stereocenters. The minimum absolute atomic E-state index is 0.0117. The van der Waals surface area contributed by atoms with E-state index in [0.717, 1.165) is 0 Å². The number of ether oxygens (including phenoxy) is 3. The van der Waals surface area contributed by atoms with Gasteiger partial charge in [0.15, 0.2) is 0 Å². The molecule has 0 aromatic heterocycles. The first-order valence-electron chi connectivity index (χ1n) is 8.10. The van der Waals surface area contributed by atoms with E-state index in [1.54, 1.807) is 17.0 Å². The molecule has 0 N–H and O–H groups in total. The highest BCUT2D eigenvalue weighted by Crippen LogP contribution is 2.26. The van der Waals surface area contributed by atoms with Gasteiger partial charge in [0.05, 0.1) is 44.8 Å². The van der Waals surface area contributed by atoms with Crippen LogP contribution in [0.4, 0.5) is 5.69 Å². The predicted molar refractivity (Wildman–Crippen MR) is 87.1 cm³/mol. The number of amides is 1. The average molecular weight is 334 g/mol. The number of hydrogen-bond acceptors (Lipinski definition) is 6. The number of hydrogen-bond donors (Lipinski definition) is 0. The van der Waals surface area contributed by atoms with E-state index in [4.69, 9.17) is 14.2 Å². The largest absolute Gasteiger partial charge is 0.465 e. The van der Waals surface area contributed by atoms with Gasteiger partial charge in [0.25, 0.3) is 0 Å². The first-order valence-corrected chi connectivity index (χ1v) is 8.10. The van der Waals surface area contributed by atoms with Crippen LogP contribution in [0.5, 0.6) is 0 Å². The van der Waals surface area contributed by atoms with Gasteiger partial charge in [-0.3, -0.25) is 4.79 Å². The summed E-state index contributed by atoms with van der Waals surface area (Å²) in [5.41, 5.74) is 1.17. The lowest BCUT2D eigenvalue weighted by Crippen LogP contribution is -2.57. The summed E-state index contributed by atoms with van der Waals surface area (Å²) >= 11 is 0. The molecule has 2 saturated heterocycles. The number of carbonyl (C=O) groups is 2. The van der Waals surface area contributed by atoms with Crippen molar-refractivity contribution in [1.29, 1.82) is 0 Å². The van der Waals surface area contributed by atoms with Gasteiger partial charge in [-0.05, 0) is 12.1 Å². The lowest BCUT2D eigenvalue weighted by molar-refractivity contribution is -0.139. The fraction of sp³-hybridized carbons (Fsp3) is 0.529. The summed E-state index contributed by atoms with van der Waals surface area (Å²) in [6.07, 6.45) is 0. The molecule has 7 heteroatoms. The highest BCUT2D eigenvalue weighted by molar-refractivity contribution is 5.97. The lowest BCUT2D eigenvalue weighted by Gasteiger charge is -2.40. The minimum atomic E-state index is -0.442. The Balaban J connectivity index is 1.87. The Labute approximate surface area is 141 Å². The zero-order valence-corrected chi connectivity index (χ0v) is 13.8. The van der Waals surface area contributed by atoms with Gasteiger partial charge in [-0.2, -0.15) is 0 Å². The molecule has 7 nitrogen and oxygen atoms in total. The van der Waals surface area contributed by atoms with Crippen molar-refractivity contribution in [3.63, 3.8) is 0 Å². The molecular weight excluding hydrogens is 312 g/mol. The van der Waals surface area contributed by atoms with E-state index in [-0.39, 0.29) is 5.91 Å². The van der Waals surface area contributed by atoms with E-state index in [9.17, 15) is 9.59 Å². The van der Waals surface area contributed by atoms with Crippen molar-refractivity contribution < 1.29 is 23.8 Å². The predicted octanol–water partition coefficient (Wildman–Crippen LogP) is 0.537. The zero-order chi connectivity index (χ0) is 16.9.